The van der Waals surface area contributed by atoms with Crippen molar-refractivity contribution in [2.24, 2.45) is 7.05 Å². The van der Waals surface area contributed by atoms with Crippen LogP contribution in [0, 0.1) is 6.92 Å². The molecule has 0 spiro atoms. The van der Waals surface area contributed by atoms with Gasteiger partial charge in [0.05, 0.1) is 0 Å². The van der Waals surface area contributed by atoms with Crippen molar-refractivity contribution in [3.8, 4) is 15.8 Å². The first-order valence-corrected chi connectivity index (χ1v) is 14.7. The van der Waals surface area contributed by atoms with Gasteiger partial charge in [-0.2, -0.15) is 0 Å². The van der Waals surface area contributed by atoms with E-state index in [0.717, 1.165) is 0 Å². The minimum atomic E-state index is 0.308. The summed E-state index contributed by atoms with van der Waals surface area (Å²) in [6, 6.07) is 40.2. The fourth-order valence-electron chi connectivity index (χ4n) is 6.20. The number of fused-ring (bicyclic) bond motifs is 7. The third-order valence-electron chi connectivity index (χ3n) is 8.01. The molecule has 0 fully saturated rings. The number of benzene rings is 5. The molecule has 3 heterocycles. The summed E-state index contributed by atoms with van der Waals surface area (Å²) in [5, 5.41) is 9.21. The molecule has 0 aliphatic carbocycles. The predicted molar refractivity (Wildman–Crippen MR) is 162 cm³/mol. The molecule has 0 atom stereocenters. The molecule has 2 nitrogen and oxygen atoms in total. The van der Waals surface area contributed by atoms with Gasteiger partial charge in [-0.05, 0) is 0 Å². The van der Waals surface area contributed by atoms with Crippen LogP contribution in [0.15, 0.2) is 115 Å². The first-order chi connectivity index (χ1) is 18.7. The molecule has 38 heavy (non-hydrogen) atoms. The van der Waals surface area contributed by atoms with Crippen LogP contribution in [0.4, 0.5) is 0 Å². The molecule has 0 radical (unpaired) electrons. The molecule has 3 heteroatoms. The maximum absolute atomic E-state index is 2.40. The zero-order chi connectivity index (χ0) is 25.4. The molecule has 0 saturated heterocycles. The van der Waals surface area contributed by atoms with Gasteiger partial charge >= 0.3 is 215 Å². The topological polar surface area (TPSA) is 8.81 Å². The van der Waals surface area contributed by atoms with Gasteiger partial charge < -0.3 is 0 Å². The van der Waals surface area contributed by atoms with Crippen LogP contribution in [0.3, 0.4) is 0 Å². The number of rotatable bonds is 2. The quantitative estimate of drug-likeness (QED) is 0.116. The fraction of sp³-hybridized carbons (Fsp3) is 0.0571. The average molecular weight is 553 g/mol. The van der Waals surface area contributed by atoms with Crippen molar-refractivity contribution in [3.63, 3.8) is 0 Å². The average Bonchev–Trinajstić information content (AvgIpc) is 3.47. The molecular weight excluding hydrogens is 527 g/mol. The molecule has 180 valence electrons. The van der Waals surface area contributed by atoms with Gasteiger partial charge in [0.25, 0.3) is 0 Å². The second kappa shape index (κ2) is 8.16. The van der Waals surface area contributed by atoms with Crippen LogP contribution in [0.5, 0.6) is 0 Å². The van der Waals surface area contributed by atoms with Crippen LogP contribution in [0.2, 0.25) is 0 Å². The molecule has 0 amide bonds. The number of nitrogens with zero attached hydrogens (tertiary/aromatic N) is 2. The van der Waals surface area contributed by atoms with Crippen LogP contribution in [-0.2, 0) is 7.05 Å². The Morgan fingerprint density at radius 3 is 2.00 bits per heavy atom. The van der Waals surface area contributed by atoms with Crippen molar-refractivity contribution in [3.05, 3.63) is 121 Å². The number of hydrogen-bond acceptors (Lipinski definition) is 0. The number of aryl methyl sites for hydroxylation is 2. The van der Waals surface area contributed by atoms with Crippen molar-refractivity contribution in [1.82, 2.24) is 4.57 Å². The van der Waals surface area contributed by atoms with Gasteiger partial charge in [0.2, 0.25) is 0 Å². The SMILES string of the molecule is Cc1c(-c2c3ccc4cc(-n5c6ccccc6c6ccccc65)ccc4c3cc[n+]2C)[se]c2ccccc12. The molecule has 0 unspecified atom stereocenters. The summed E-state index contributed by atoms with van der Waals surface area (Å²) in [6.07, 6.45) is 2.23. The van der Waals surface area contributed by atoms with Crippen LogP contribution in [-0.4, -0.2) is 19.1 Å². The third kappa shape index (κ3) is 3.04. The third-order valence-corrected chi connectivity index (χ3v) is 10.7. The number of para-hydroxylation sites is 2. The monoisotopic (exact) mass is 553 g/mol. The van der Waals surface area contributed by atoms with E-state index in [1.54, 1.807) is 0 Å². The summed E-state index contributed by atoms with van der Waals surface area (Å²) in [4.78, 5) is 0. The molecule has 3 aromatic heterocycles. The Hall–Kier alpha value is -4.17. The van der Waals surface area contributed by atoms with Crippen molar-refractivity contribution >= 4 is 67.5 Å². The van der Waals surface area contributed by atoms with E-state index in [1.807, 2.05) is 0 Å². The first kappa shape index (κ1) is 21.9. The van der Waals surface area contributed by atoms with Crippen LogP contribution in [0.1, 0.15) is 5.56 Å². The van der Waals surface area contributed by atoms with Gasteiger partial charge in [0.1, 0.15) is 0 Å². The Labute approximate surface area is 226 Å². The van der Waals surface area contributed by atoms with Crippen molar-refractivity contribution < 1.29 is 4.57 Å². The Balaban J connectivity index is 1.38. The van der Waals surface area contributed by atoms with E-state index in [-0.39, 0.29) is 0 Å². The van der Waals surface area contributed by atoms with E-state index >= 15 is 0 Å². The van der Waals surface area contributed by atoms with E-state index in [0.29, 0.717) is 14.5 Å². The second-order valence-electron chi connectivity index (χ2n) is 10.1. The van der Waals surface area contributed by atoms with Gasteiger partial charge in [-0.15, -0.1) is 0 Å². The molecule has 0 aliphatic rings. The van der Waals surface area contributed by atoms with E-state index in [4.69, 9.17) is 0 Å². The number of aromatic nitrogens is 2. The van der Waals surface area contributed by atoms with Gasteiger partial charge in [-0.1, -0.05) is 12.1 Å². The normalized spacial score (nSPS) is 11.9. The summed E-state index contributed by atoms with van der Waals surface area (Å²) in [5.74, 6) is 0. The molecule has 8 aromatic rings. The zero-order valence-electron chi connectivity index (χ0n) is 21.3. The first-order valence-electron chi connectivity index (χ1n) is 13.0. The summed E-state index contributed by atoms with van der Waals surface area (Å²) >= 11 is 0.308. The van der Waals surface area contributed by atoms with E-state index in [2.05, 4.69) is 138 Å². The van der Waals surface area contributed by atoms with Gasteiger partial charge in [-0.25, -0.2) is 0 Å². The summed E-state index contributed by atoms with van der Waals surface area (Å²) in [6.45, 7) is 2.29. The summed E-state index contributed by atoms with van der Waals surface area (Å²) in [7, 11) is 2.18. The Bertz CT molecular complexity index is 2160. The van der Waals surface area contributed by atoms with Crippen LogP contribution in [0.25, 0.3) is 68.8 Å². The van der Waals surface area contributed by atoms with Gasteiger partial charge in [-0.3, -0.25) is 0 Å². The number of hydrogen-bond donors (Lipinski definition) is 0. The van der Waals surface area contributed by atoms with E-state index < -0.39 is 0 Å². The van der Waals surface area contributed by atoms with Crippen molar-refractivity contribution in [2.75, 3.05) is 0 Å². The van der Waals surface area contributed by atoms with Crippen molar-refractivity contribution in [2.45, 2.75) is 6.92 Å². The second-order valence-corrected chi connectivity index (χ2v) is 12.3. The number of pyridine rings is 1. The Kier molecular flexibility index (Phi) is 4.70. The Morgan fingerprint density at radius 2 is 1.26 bits per heavy atom. The van der Waals surface area contributed by atoms with Crippen LogP contribution >= 0.6 is 0 Å². The molecule has 0 aliphatic heterocycles. The maximum atomic E-state index is 2.40. The summed E-state index contributed by atoms with van der Waals surface area (Å²) in [5.41, 5.74) is 6.46. The van der Waals surface area contributed by atoms with E-state index in [1.165, 1.54) is 74.4 Å². The van der Waals surface area contributed by atoms with Gasteiger partial charge in [0.15, 0.2) is 0 Å². The van der Waals surface area contributed by atoms with E-state index in [9.17, 15) is 0 Å². The Morgan fingerprint density at radius 1 is 0.605 bits per heavy atom. The molecule has 5 aromatic carbocycles. The molecule has 0 saturated carbocycles. The standard InChI is InChI=1S/C35H25N2Se/c1-22-25-9-5-8-14-33(25)38-35(22)34-30-17-15-23-21-24(16-18-26(23)27(30)19-20-36(34)2)37-31-12-6-3-10-28(31)29-11-4-7-13-32(29)37/h3-21H,1-2H3/q+1. The molecule has 0 bridgehead atoms. The molecular formula is C35H25N2Se+. The van der Waals surface area contributed by atoms with Gasteiger partial charge in [0, 0.05) is 0 Å². The minimum absolute atomic E-state index is 0.308. The molecule has 8 rings (SSSR count). The predicted octanol–water partition coefficient (Wildman–Crippen LogP) is 8.10. The van der Waals surface area contributed by atoms with Crippen LogP contribution < -0.4 is 4.57 Å². The molecule has 0 N–H and O–H groups in total. The fourth-order valence-corrected chi connectivity index (χ4v) is 8.95. The van der Waals surface area contributed by atoms with Crippen molar-refractivity contribution in [1.29, 1.82) is 0 Å². The summed E-state index contributed by atoms with van der Waals surface area (Å²) < 4.78 is 7.69. The zero-order valence-corrected chi connectivity index (χ0v) is 23.0.